The van der Waals surface area contributed by atoms with E-state index in [2.05, 4.69) is 5.32 Å². The molecular weight excluding hydrogens is 356 g/mol. The summed E-state index contributed by atoms with van der Waals surface area (Å²) in [6.07, 6.45) is 0.145. The average molecular weight is 380 g/mol. The first-order chi connectivity index (χ1) is 12.9. The van der Waals surface area contributed by atoms with Crippen LogP contribution in [0.3, 0.4) is 0 Å². The molecule has 9 heteroatoms. The van der Waals surface area contributed by atoms with E-state index in [-0.39, 0.29) is 31.9 Å². The Kier molecular flexibility index (Phi) is 7.00. The number of carboxylic acid groups (broad SMARTS) is 1. The third-order valence-electron chi connectivity index (χ3n) is 4.40. The second kappa shape index (κ2) is 9.22. The molecule has 0 bridgehead atoms. The molecular formula is C18H24N2O7. The van der Waals surface area contributed by atoms with Gasteiger partial charge in [-0.1, -0.05) is 0 Å². The van der Waals surface area contributed by atoms with Crippen molar-refractivity contribution in [1.82, 2.24) is 5.32 Å². The van der Waals surface area contributed by atoms with Crippen molar-refractivity contribution in [3.8, 4) is 11.5 Å². The molecule has 2 rings (SSSR count). The number of nitrogens with one attached hydrogen (secondary N) is 1. The molecule has 1 aliphatic heterocycles. The summed E-state index contributed by atoms with van der Waals surface area (Å²) in [5.74, 6) is -1.46. The van der Waals surface area contributed by atoms with Crippen LogP contribution < -0.4 is 19.7 Å². The van der Waals surface area contributed by atoms with Crippen molar-refractivity contribution in [3.05, 3.63) is 18.2 Å². The van der Waals surface area contributed by atoms with E-state index in [0.717, 1.165) is 0 Å². The Bertz CT molecular complexity index is 707. The topological polar surface area (TPSA) is 114 Å². The molecule has 0 aromatic heterocycles. The minimum absolute atomic E-state index is 0.00235. The molecule has 2 N–H and O–H groups in total. The molecule has 0 radical (unpaired) electrons. The third-order valence-corrected chi connectivity index (χ3v) is 4.40. The van der Waals surface area contributed by atoms with Crippen LogP contribution in [0.2, 0.25) is 0 Å². The maximum absolute atomic E-state index is 12.5. The van der Waals surface area contributed by atoms with Gasteiger partial charge in [0, 0.05) is 39.2 Å². The predicted molar refractivity (Wildman–Crippen MR) is 96.1 cm³/mol. The fourth-order valence-electron chi connectivity index (χ4n) is 2.91. The summed E-state index contributed by atoms with van der Waals surface area (Å²) >= 11 is 0. The Morgan fingerprint density at radius 1 is 1.30 bits per heavy atom. The van der Waals surface area contributed by atoms with Gasteiger partial charge in [-0.15, -0.1) is 0 Å². The number of carbonyl (C=O) groups excluding carboxylic acids is 2. The number of rotatable bonds is 9. The summed E-state index contributed by atoms with van der Waals surface area (Å²) < 4.78 is 15.3. The second-order valence-corrected chi connectivity index (χ2v) is 6.12. The fourth-order valence-corrected chi connectivity index (χ4v) is 2.91. The number of nitrogens with zero attached hydrogens (tertiary/aromatic N) is 1. The number of aliphatic carboxylic acids is 1. The Balaban J connectivity index is 2.10. The van der Waals surface area contributed by atoms with E-state index in [1.165, 1.54) is 26.2 Å². The van der Waals surface area contributed by atoms with Gasteiger partial charge in [-0.25, -0.2) is 4.79 Å². The van der Waals surface area contributed by atoms with Crippen molar-refractivity contribution in [1.29, 1.82) is 0 Å². The molecule has 1 heterocycles. The molecule has 27 heavy (non-hydrogen) atoms. The first-order valence-electron chi connectivity index (χ1n) is 8.45. The third kappa shape index (κ3) is 4.88. The smallest absolute Gasteiger partial charge is 0.326 e. The van der Waals surface area contributed by atoms with Crippen LogP contribution in [-0.2, 0) is 19.1 Å². The summed E-state index contributed by atoms with van der Waals surface area (Å²) in [4.78, 5) is 37.6. The van der Waals surface area contributed by atoms with Gasteiger partial charge < -0.3 is 29.5 Å². The molecule has 1 fully saturated rings. The highest BCUT2D eigenvalue weighted by molar-refractivity contribution is 6.01. The van der Waals surface area contributed by atoms with Crippen LogP contribution in [0.4, 0.5) is 5.69 Å². The van der Waals surface area contributed by atoms with Crippen molar-refractivity contribution in [2.75, 3.05) is 39.4 Å². The lowest BCUT2D eigenvalue weighted by Crippen LogP contribution is -2.44. The lowest BCUT2D eigenvalue weighted by molar-refractivity contribution is -0.142. The minimum atomic E-state index is -1.14. The zero-order chi connectivity index (χ0) is 20.0. The minimum Gasteiger partial charge on any atom is -0.497 e. The van der Waals surface area contributed by atoms with Gasteiger partial charge in [0.05, 0.1) is 25.8 Å². The Morgan fingerprint density at radius 3 is 2.63 bits per heavy atom. The van der Waals surface area contributed by atoms with Crippen molar-refractivity contribution in [2.45, 2.75) is 18.9 Å². The number of hydrogen-bond acceptors (Lipinski definition) is 6. The highest BCUT2D eigenvalue weighted by Crippen LogP contribution is 2.35. The van der Waals surface area contributed by atoms with Gasteiger partial charge in [0.1, 0.15) is 17.5 Å². The number of amides is 2. The van der Waals surface area contributed by atoms with Crippen LogP contribution in [-0.4, -0.2) is 63.4 Å². The van der Waals surface area contributed by atoms with Crippen LogP contribution in [0.25, 0.3) is 0 Å². The van der Waals surface area contributed by atoms with E-state index in [1.54, 1.807) is 18.2 Å². The van der Waals surface area contributed by atoms with Gasteiger partial charge in [0.15, 0.2) is 0 Å². The fraction of sp³-hybridized carbons (Fsp3) is 0.500. The first kappa shape index (κ1) is 20.5. The van der Waals surface area contributed by atoms with Gasteiger partial charge >= 0.3 is 5.97 Å². The summed E-state index contributed by atoms with van der Waals surface area (Å²) in [7, 11) is 4.46. The zero-order valence-electron chi connectivity index (χ0n) is 15.6. The lowest BCUT2D eigenvalue weighted by Gasteiger charge is -2.20. The van der Waals surface area contributed by atoms with Gasteiger partial charge in [0.25, 0.3) is 0 Å². The normalized spacial score (nSPS) is 17.5. The van der Waals surface area contributed by atoms with Crippen molar-refractivity contribution >= 4 is 23.5 Å². The Labute approximate surface area is 157 Å². The molecule has 2 atom stereocenters. The molecule has 1 aliphatic rings. The number of anilines is 1. The van der Waals surface area contributed by atoms with Gasteiger partial charge in [0.2, 0.25) is 11.8 Å². The van der Waals surface area contributed by atoms with E-state index in [0.29, 0.717) is 17.2 Å². The number of benzene rings is 1. The maximum Gasteiger partial charge on any atom is 0.326 e. The standard InChI is InChI=1S/C18H24N2O7/c1-25-7-6-13(18(23)24)19-17(22)11-8-16(21)20(10-11)14-5-4-12(26-2)9-15(14)27-3/h4-5,9,11,13H,6-8,10H2,1-3H3,(H,19,22)(H,23,24). The van der Waals surface area contributed by atoms with E-state index >= 15 is 0 Å². The summed E-state index contributed by atoms with van der Waals surface area (Å²) in [5, 5.41) is 11.7. The highest BCUT2D eigenvalue weighted by atomic mass is 16.5. The van der Waals surface area contributed by atoms with E-state index in [9.17, 15) is 19.5 Å². The molecule has 0 spiro atoms. The Morgan fingerprint density at radius 2 is 2.04 bits per heavy atom. The van der Waals surface area contributed by atoms with Crippen LogP contribution in [0.5, 0.6) is 11.5 Å². The largest absolute Gasteiger partial charge is 0.497 e. The lowest BCUT2D eigenvalue weighted by atomic mass is 10.1. The average Bonchev–Trinajstić information content (AvgIpc) is 3.05. The number of carboxylic acids is 1. The van der Waals surface area contributed by atoms with Crippen molar-refractivity contribution in [2.24, 2.45) is 5.92 Å². The molecule has 1 saturated heterocycles. The molecule has 148 valence electrons. The summed E-state index contributed by atoms with van der Waals surface area (Å²) in [5.41, 5.74) is 0.535. The predicted octanol–water partition coefficient (Wildman–Crippen LogP) is 0.663. The molecule has 2 amide bonds. The zero-order valence-corrected chi connectivity index (χ0v) is 15.6. The van der Waals surface area contributed by atoms with E-state index in [1.807, 2.05) is 0 Å². The highest BCUT2D eigenvalue weighted by Gasteiger charge is 2.37. The SMILES string of the molecule is COCCC(NC(=O)C1CC(=O)N(c2ccc(OC)cc2OC)C1)C(=O)O. The van der Waals surface area contributed by atoms with E-state index in [4.69, 9.17) is 14.2 Å². The first-order valence-corrected chi connectivity index (χ1v) is 8.45. The molecule has 0 saturated carbocycles. The molecule has 0 aliphatic carbocycles. The number of ether oxygens (including phenoxy) is 3. The summed E-state index contributed by atoms with van der Waals surface area (Å²) in [6.45, 7) is 0.347. The van der Waals surface area contributed by atoms with Gasteiger partial charge in [-0.05, 0) is 12.1 Å². The Hall–Kier alpha value is -2.81. The molecule has 9 nitrogen and oxygen atoms in total. The maximum atomic E-state index is 12.5. The van der Waals surface area contributed by atoms with Gasteiger partial charge in [-0.3, -0.25) is 9.59 Å². The number of carbonyl (C=O) groups is 3. The van der Waals surface area contributed by atoms with Crippen molar-refractivity contribution < 1.29 is 33.7 Å². The monoisotopic (exact) mass is 380 g/mol. The number of methoxy groups -OCH3 is 3. The van der Waals surface area contributed by atoms with Crippen LogP contribution in [0.1, 0.15) is 12.8 Å². The second-order valence-electron chi connectivity index (χ2n) is 6.12. The molecule has 1 aromatic rings. The van der Waals surface area contributed by atoms with Crippen LogP contribution >= 0.6 is 0 Å². The van der Waals surface area contributed by atoms with Crippen LogP contribution in [0.15, 0.2) is 18.2 Å². The quantitative estimate of drug-likeness (QED) is 0.647. The van der Waals surface area contributed by atoms with Crippen LogP contribution in [0, 0.1) is 5.92 Å². The molecule has 2 unspecified atom stereocenters. The molecule has 1 aromatic carbocycles. The van der Waals surface area contributed by atoms with E-state index < -0.39 is 23.8 Å². The number of hydrogen-bond donors (Lipinski definition) is 2. The summed E-state index contributed by atoms with van der Waals surface area (Å²) in [6, 6.07) is 3.98. The van der Waals surface area contributed by atoms with Crippen molar-refractivity contribution in [3.63, 3.8) is 0 Å². The van der Waals surface area contributed by atoms with Gasteiger partial charge in [-0.2, -0.15) is 0 Å².